The van der Waals surface area contributed by atoms with E-state index in [1.807, 2.05) is 12.1 Å². The Morgan fingerprint density at radius 2 is 1.85 bits per heavy atom. The number of pyridine rings is 1. The summed E-state index contributed by atoms with van der Waals surface area (Å²) in [4.78, 5) is 26.6. The Kier molecular flexibility index (Phi) is 4.86. The lowest BCUT2D eigenvalue weighted by Gasteiger charge is -2.11. The molecule has 27 heavy (non-hydrogen) atoms. The molecule has 2 aromatic carbocycles. The van der Waals surface area contributed by atoms with E-state index >= 15 is 0 Å². The molecule has 1 heterocycles. The molecule has 0 spiro atoms. The number of fused-ring (bicyclic) bond motifs is 1. The van der Waals surface area contributed by atoms with Gasteiger partial charge in [0.05, 0.1) is 0 Å². The summed E-state index contributed by atoms with van der Waals surface area (Å²) in [6.07, 6.45) is 0. The highest BCUT2D eigenvalue weighted by molar-refractivity contribution is 6.04. The number of hydrogen-bond acceptors (Lipinski definition) is 6. The van der Waals surface area contributed by atoms with Crippen molar-refractivity contribution in [3.05, 3.63) is 59.9 Å². The number of amides is 1. The predicted molar refractivity (Wildman–Crippen MR) is 94.6 cm³/mol. The van der Waals surface area contributed by atoms with E-state index in [9.17, 15) is 20.0 Å². The summed E-state index contributed by atoms with van der Waals surface area (Å²) in [5.74, 6) is -1.66. The van der Waals surface area contributed by atoms with Gasteiger partial charge in [-0.3, -0.25) is 9.59 Å². The van der Waals surface area contributed by atoms with Crippen molar-refractivity contribution in [2.75, 3.05) is 6.54 Å². The molecular formula is C19H13N3O5. The fraction of sp³-hybridized carbons (Fsp3) is 0.0526. The minimum Gasteiger partial charge on any atom is -0.505 e. The molecule has 134 valence electrons. The number of nitriles is 1. The number of benzene rings is 2. The normalized spacial score (nSPS) is 10.2. The maximum Gasteiger partial charge on any atom is 0.322 e. The van der Waals surface area contributed by atoms with E-state index in [2.05, 4.69) is 10.3 Å². The molecule has 1 aromatic heterocycles. The van der Waals surface area contributed by atoms with Gasteiger partial charge in [0.25, 0.3) is 5.91 Å². The number of carbonyl (C=O) groups is 2. The minimum absolute atomic E-state index is 0.0745. The van der Waals surface area contributed by atoms with Gasteiger partial charge in [0.2, 0.25) is 0 Å². The average molecular weight is 363 g/mol. The molecule has 8 nitrogen and oxygen atoms in total. The van der Waals surface area contributed by atoms with Crippen LogP contribution in [0.25, 0.3) is 10.8 Å². The van der Waals surface area contributed by atoms with Crippen LogP contribution in [0.15, 0.2) is 48.5 Å². The summed E-state index contributed by atoms with van der Waals surface area (Å²) in [5, 5.41) is 31.1. The minimum atomic E-state index is -1.25. The SMILES string of the molecule is N#Cc1nc(C(=O)NCC(=O)O)c(O)c2cc(Oc3ccccc3)ccc12. The highest BCUT2D eigenvalue weighted by atomic mass is 16.5. The van der Waals surface area contributed by atoms with E-state index in [4.69, 9.17) is 9.84 Å². The van der Waals surface area contributed by atoms with Gasteiger partial charge in [-0.15, -0.1) is 0 Å². The molecule has 3 rings (SSSR count). The number of carbonyl (C=O) groups excluding carboxylic acids is 1. The van der Waals surface area contributed by atoms with Crippen molar-refractivity contribution < 1.29 is 24.5 Å². The fourth-order valence-corrected chi connectivity index (χ4v) is 2.45. The molecule has 0 aliphatic carbocycles. The van der Waals surface area contributed by atoms with E-state index in [1.165, 1.54) is 6.07 Å². The number of rotatable bonds is 5. The Labute approximate surface area is 153 Å². The Morgan fingerprint density at radius 1 is 1.11 bits per heavy atom. The lowest BCUT2D eigenvalue weighted by atomic mass is 10.1. The highest BCUT2D eigenvalue weighted by Crippen LogP contribution is 2.33. The van der Waals surface area contributed by atoms with Gasteiger partial charge in [-0.25, -0.2) is 4.98 Å². The molecular weight excluding hydrogens is 350 g/mol. The van der Waals surface area contributed by atoms with Crippen molar-refractivity contribution in [2.24, 2.45) is 0 Å². The van der Waals surface area contributed by atoms with Gasteiger partial charge < -0.3 is 20.3 Å². The number of aromatic nitrogens is 1. The average Bonchev–Trinajstić information content (AvgIpc) is 2.67. The fourth-order valence-electron chi connectivity index (χ4n) is 2.45. The molecule has 0 aliphatic heterocycles. The van der Waals surface area contributed by atoms with Crippen LogP contribution in [0.3, 0.4) is 0 Å². The van der Waals surface area contributed by atoms with Crippen LogP contribution in [0, 0.1) is 11.3 Å². The van der Waals surface area contributed by atoms with Crippen LogP contribution in [-0.2, 0) is 4.79 Å². The molecule has 0 radical (unpaired) electrons. The number of aromatic hydroxyl groups is 1. The molecule has 0 aliphatic rings. The molecule has 0 bridgehead atoms. The molecule has 3 N–H and O–H groups in total. The van der Waals surface area contributed by atoms with Crippen molar-refractivity contribution in [3.63, 3.8) is 0 Å². The van der Waals surface area contributed by atoms with E-state index in [0.29, 0.717) is 16.9 Å². The number of hydrogen-bond donors (Lipinski definition) is 3. The Morgan fingerprint density at radius 3 is 2.52 bits per heavy atom. The third-order valence-corrected chi connectivity index (χ3v) is 3.65. The molecule has 0 unspecified atom stereocenters. The number of nitrogens with zero attached hydrogens (tertiary/aromatic N) is 2. The number of para-hydroxylation sites is 1. The Bertz CT molecular complexity index is 1070. The predicted octanol–water partition coefficient (Wildman–Crippen LogP) is 2.42. The molecule has 0 atom stereocenters. The maximum atomic E-state index is 12.1. The first-order chi connectivity index (χ1) is 13.0. The zero-order valence-corrected chi connectivity index (χ0v) is 13.8. The van der Waals surface area contributed by atoms with E-state index in [0.717, 1.165) is 0 Å². The van der Waals surface area contributed by atoms with Crippen LogP contribution in [0.2, 0.25) is 0 Å². The first kappa shape index (κ1) is 17.7. The van der Waals surface area contributed by atoms with Gasteiger partial charge in [-0.05, 0) is 30.3 Å². The lowest BCUT2D eigenvalue weighted by Crippen LogP contribution is -2.30. The quantitative estimate of drug-likeness (QED) is 0.634. The number of aliphatic carboxylic acids is 1. The summed E-state index contributed by atoms with van der Waals surface area (Å²) >= 11 is 0. The monoisotopic (exact) mass is 363 g/mol. The van der Waals surface area contributed by atoms with Crippen LogP contribution in [0.5, 0.6) is 17.2 Å². The molecule has 1 amide bonds. The van der Waals surface area contributed by atoms with Gasteiger partial charge in [0, 0.05) is 10.8 Å². The van der Waals surface area contributed by atoms with E-state index < -0.39 is 29.9 Å². The van der Waals surface area contributed by atoms with Crippen molar-refractivity contribution in [2.45, 2.75) is 0 Å². The van der Waals surface area contributed by atoms with Gasteiger partial charge in [-0.1, -0.05) is 18.2 Å². The summed E-state index contributed by atoms with van der Waals surface area (Å²) in [7, 11) is 0. The number of nitrogens with one attached hydrogen (secondary N) is 1. The first-order valence-electron chi connectivity index (χ1n) is 7.79. The number of carboxylic acid groups (broad SMARTS) is 1. The molecule has 0 fully saturated rings. The van der Waals surface area contributed by atoms with Crippen molar-refractivity contribution in [3.8, 4) is 23.3 Å². The molecule has 8 heteroatoms. The topological polar surface area (TPSA) is 133 Å². The third kappa shape index (κ3) is 3.77. The second-order valence-electron chi connectivity index (χ2n) is 5.47. The molecule has 0 saturated carbocycles. The van der Waals surface area contributed by atoms with Crippen molar-refractivity contribution in [1.82, 2.24) is 10.3 Å². The maximum absolute atomic E-state index is 12.1. The number of ether oxygens (including phenoxy) is 1. The Hall–Kier alpha value is -4.12. The second kappa shape index (κ2) is 7.41. The zero-order chi connectivity index (χ0) is 19.4. The van der Waals surface area contributed by atoms with Gasteiger partial charge in [0.15, 0.2) is 11.4 Å². The summed E-state index contributed by atoms with van der Waals surface area (Å²) in [6.45, 7) is -0.642. The van der Waals surface area contributed by atoms with Crippen LogP contribution >= 0.6 is 0 Å². The van der Waals surface area contributed by atoms with E-state index in [-0.39, 0.29) is 11.1 Å². The summed E-state index contributed by atoms with van der Waals surface area (Å²) in [5.41, 5.74) is -0.508. The van der Waals surface area contributed by atoms with Crippen LogP contribution in [0.1, 0.15) is 16.2 Å². The van der Waals surface area contributed by atoms with Crippen molar-refractivity contribution >= 4 is 22.6 Å². The van der Waals surface area contributed by atoms with Gasteiger partial charge in [-0.2, -0.15) is 5.26 Å². The van der Waals surface area contributed by atoms with Crippen LogP contribution in [0.4, 0.5) is 0 Å². The second-order valence-corrected chi connectivity index (χ2v) is 5.47. The highest BCUT2D eigenvalue weighted by Gasteiger charge is 2.20. The molecule has 3 aromatic rings. The van der Waals surface area contributed by atoms with Gasteiger partial charge >= 0.3 is 5.97 Å². The third-order valence-electron chi connectivity index (χ3n) is 3.65. The largest absolute Gasteiger partial charge is 0.505 e. The van der Waals surface area contributed by atoms with Gasteiger partial charge in [0.1, 0.15) is 29.8 Å². The number of carboxylic acids is 1. The van der Waals surface area contributed by atoms with Crippen LogP contribution in [-0.4, -0.2) is 33.6 Å². The molecule has 0 saturated heterocycles. The van der Waals surface area contributed by atoms with Crippen molar-refractivity contribution in [1.29, 1.82) is 5.26 Å². The lowest BCUT2D eigenvalue weighted by molar-refractivity contribution is -0.135. The smallest absolute Gasteiger partial charge is 0.322 e. The standard InChI is InChI=1S/C19H13N3O5/c20-9-15-13-7-6-12(27-11-4-2-1-3-5-11)8-14(13)18(25)17(22-15)19(26)21-10-16(23)24/h1-8,25H,10H2,(H,21,26)(H,23,24). The summed E-state index contributed by atoms with van der Waals surface area (Å²) < 4.78 is 5.70. The van der Waals surface area contributed by atoms with Crippen LogP contribution < -0.4 is 10.1 Å². The first-order valence-corrected chi connectivity index (χ1v) is 7.79. The van der Waals surface area contributed by atoms with E-state index in [1.54, 1.807) is 36.4 Å². The Balaban J connectivity index is 2.05. The zero-order valence-electron chi connectivity index (χ0n) is 13.8. The summed E-state index contributed by atoms with van der Waals surface area (Å²) in [6, 6.07) is 15.5.